The Labute approximate surface area is 254 Å². The van der Waals surface area contributed by atoms with Crippen LogP contribution in [0.25, 0.3) is 0 Å². The fourth-order valence-electron chi connectivity index (χ4n) is 5.50. The molecule has 0 amide bonds. The summed E-state index contributed by atoms with van der Waals surface area (Å²) in [5.41, 5.74) is 0. The molecule has 45 heavy (non-hydrogen) atoms. The first kappa shape index (κ1) is 37.0. The average molecular weight is 667 g/mol. The molecule has 4 fully saturated rings. The van der Waals surface area contributed by atoms with Crippen molar-refractivity contribution in [3.63, 3.8) is 0 Å². The zero-order valence-electron chi connectivity index (χ0n) is 23.5. The predicted molar refractivity (Wildman–Crippen MR) is 134 cm³/mol. The van der Waals surface area contributed by atoms with Gasteiger partial charge < -0.3 is 105 Å². The van der Waals surface area contributed by atoms with Crippen LogP contribution in [-0.2, 0) is 33.2 Å². The van der Waals surface area contributed by atoms with E-state index >= 15 is 0 Å². The lowest BCUT2D eigenvalue weighted by molar-refractivity contribution is -0.399. The van der Waals surface area contributed by atoms with E-state index in [1.54, 1.807) is 0 Å². The van der Waals surface area contributed by atoms with Gasteiger partial charge >= 0.3 is 0 Å². The molecular weight excluding hydrogens is 624 g/mol. The second kappa shape index (κ2) is 15.6. The highest BCUT2D eigenvalue weighted by Crippen LogP contribution is 2.34. The number of hydrogen-bond acceptors (Lipinski definition) is 21. The Balaban J connectivity index is 1.56. The van der Waals surface area contributed by atoms with E-state index in [9.17, 15) is 71.5 Å². The molecule has 0 aromatic heterocycles. The molecule has 0 aliphatic carbocycles. The molecule has 21 nitrogen and oxygen atoms in total. The first-order valence-electron chi connectivity index (χ1n) is 14.1. The van der Waals surface area contributed by atoms with Crippen molar-refractivity contribution in [2.75, 3.05) is 26.4 Å². The standard InChI is InChI=1S/C24H42O21/c25-1-5-10(30)14(34)19(21(38)39-5)44-24-20(15(35)11(31)7(3-27)42-24)45-23-17(37)18(12(32)8(4-28)41-23)43-22-16(36)13(33)9(29)6(2-26)40-22/h5-38H,1-4H2/t5-,6-,7-,8-,9-,10-,11-,12-,13+,14+,15+,16-,17+,18+,19+,20+,21+,22+,23-,24-/m1/s1. The van der Waals surface area contributed by atoms with E-state index in [4.69, 9.17) is 33.2 Å². The highest BCUT2D eigenvalue weighted by Gasteiger charge is 2.55. The second-order valence-electron chi connectivity index (χ2n) is 11.1. The molecule has 4 rings (SSSR count). The third kappa shape index (κ3) is 7.44. The molecule has 20 atom stereocenters. The molecule has 4 aliphatic heterocycles. The lowest BCUT2D eigenvalue weighted by atomic mass is 9.96. The minimum Gasteiger partial charge on any atom is -0.394 e. The van der Waals surface area contributed by atoms with E-state index in [1.807, 2.05) is 0 Å². The van der Waals surface area contributed by atoms with Gasteiger partial charge in [-0.1, -0.05) is 0 Å². The van der Waals surface area contributed by atoms with E-state index in [-0.39, 0.29) is 0 Å². The summed E-state index contributed by atoms with van der Waals surface area (Å²) in [4.78, 5) is 0. The number of rotatable bonds is 10. The summed E-state index contributed by atoms with van der Waals surface area (Å²) in [6.45, 7) is -3.39. The Bertz CT molecular complexity index is 916. The third-order valence-corrected chi connectivity index (χ3v) is 8.21. The van der Waals surface area contributed by atoms with Crippen molar-refractivity contribution >= 4 is 0 Å². The van der Waals surface area contributed by atoms with E-state index in [0.717, 1.165) is 0 Å². The smallest absolute Gasteiger partial charge is 0.187 e. The third-order valence-electron chi connectivity index (χ3n) is 8.21. The minimum atomic E-state index is -2.07. The van der Waals surface area contributed by atoms with Crippen LogP contribution in [-0.4, -0.2) is 221 Å². The van der Waals surface area contributed by atoms with E-state index < -0.39 is 149 Å². The molecule has 4 aliphatic rings. The van der Waals surface area contributed by atoms with Crippen LogP contribution in [0.15, 0.2) is 0 Å². The summed E-state index contributed by atoms with van der Waals surface area (Å²) < 4.78 is 37.9. The van der Waals surface area contributed by atoms with Crippen LogP contribution in [0.2, 0.25) is 0 Å². The molecule has 0 unspecified atom stereocenters. The maximum absolute atomic E-state index is 11.1. The van der Waals surface area contributed by atoms with Gasteiger partial charge in [0.25, 0.3) is 0 Å². The van der Waals surface area contributed by atoms with Gasteiger partial charge in [0, 0.05) is 0 Å². The van der Waals surface area contributed by atoms with Crippen molar-refractivity contribution in [2.45, 2.75) is 123 Å². The summed E-state index contributed by atoms with van der Waals surface area (Å²) in [5.74, 6) is 0. The maximum Gasteiger partial charge on any atom is 0.187 e. The highest BCUT2D eigenvalue weighted by molar-refractivity contribution is 4.97. The second-order valence-corrected chi connectivity index (χ2v) is 11.1. The molecule has 21 heteroatoms. The normalized spacial score (nSPS) is 52.9. The van der Waals surface area contributed by atoms with Crippen LogP contribution in [0, 0.1) is 0 Å². The van der Waals surface area contributed by atoms with Crippen LogP contribution in [0.5, 0.6) is 0 Å². The monoisotopic (exact) mass is 666 g/mol. The number of hydrogen-bond donors (Lipinski definition) is 14. The quantitative estimate of drug-likeness (QED) is 0.103. The van der Waals surface area contributed by atoms with Crippen molar-refractivity contribution in [2.24, 2.45) is 0 Å². The van der Waals surface area contributed by atoms with Gasteiger partial charge in [0.1, 0.15) is 97.7 Å². The van der Waals surface area contributed by atoms with Crippen LogP contribution in [0.4, 0.5) is 0 Å². The fourth-order valence-corrected chi connectivity index (χ4v) is 5.50. The van der Waals surface area contributed by atoms with E-state index in [1.165, 1.54) is 0 Å². The number of ether oxygens (including phenoxy) is 7. The SMILES string of the molecule is OC[C@H]1O[C@@H](O[C@@H]2[C@H](O)[C@@H](O[C@@H]3[C@@H](O[C@H]4[C@@H](O)[C@H](O)[C@@H](CO)O[C@@H]4O)O[C@H](CO)[C@@H](O)[C@@H]3O)O[C@H](CO)[C@H]2O)[C@H](O)[C@@H](O)[C@@H]1O. The topological polar surface area (TPSA) is 348 Å². The van der Waals surface area contributed by atoms with E-state index in [0.29, 0.717) is 0 Å². The first-order chi connectivity index (χ1) is 21.3. The Morgan fingerprint density at radius 1 is 0.333 bits per heavy atom. The van der Waals surface area contributed by atoms with Crippen LogP contribution in [0.1, 0.15) is 0 Å². The van der Waals surface area contributed by atoms with Gasteiger partial charge in [0.2, 0.25) is 0 Å². The van der Waals surface area contributed by atoms with Gasteiger partial charge in [0.05, 0.1) is 26.4 Å². The van der Waals surface area contributed by atoms with Crippen LogP contribution >= 0.6 is 0 Å². The molecule has 0 aromatic carbocycles. The summed E-state index contributed by atoms with van der Waals surface area (Å²) in [7, 11) is 0. The number of aliphatic hydroxyl groups excluding tert-OH is 14. The summed E-state index contributed by atoms with van der Waals surface area (Å²) in [5, 5.41) is 143. The van der Waals surface area contributed by atoms with E-state index in [2.05, 4.69) is 0 Å². The summed E-state index contributed by atoms with van der Waals surface area (Å²) in [6.07, 6.45) is -36.3. The lowest BCUT2D eigenvalue weighted by Crippen LogP contribution is -2.67. The van der Waals surface area contributed by atoms with Crippen molar-refractivity contribution in [1.82, 2.24) is 0 Å². The maximum atomic E-state index is 11.1. The first-order valence-corrected chi connectivity index (χ1v) is 14.1. The Kier molecular flexibility index (Phi) is 12.8. The lowest BCUT2D eigenvalue weighted by Gasteiger charge is -2.49. The molecule has 4 heterocycles. The Hall–Kier alpha value is -0.840. The van der Waals surface area contributed by atoms with Crippen molar-refractivity contribution in [3.05, 3.63) is 0 Å². The molecule has 0 aromatic rings. The van der Waals surface area contributed by atoms with Gasteiger partial charge in [-0.2, -0.15) is 0 Å². The Morgan fingerprint density at radius 2 is 0.711 bits per heavy atom. The van der Waals surface area contributed by atoms with Crippen molar-refractivity contribution < 1.29 is 105 Å². The molecule has 0 spiro atoms. The average Bonchev–Trinajstić information content (AvgIpc) is 3.03. The van der Waals surface area contributed by atoms with Gasteiger partial charge in [-0.3, -0.25) is 0 Å². The minimum absolute atomic E-state index is 0.785. The van der Waals surface area contributed by atoms with Crippen molar-refractivity contribution in [3.8, 4) is 0 Å². The summed E-state index contributed by atoms with van der Waals surface area (Å²) in [6, 6.07) is 0. The van der Waals surface area contributed by atoms with Gasteiger partial charge in [0.15, 0.2) is 25.2 Å². The molecule has 0 saturated carbocycles. The largest absolute Gasteiger partial charge is 0.394 e. The zero-order valence-corrected chi connectivity index (χ0v) is 23.5. The zero-order chi connectivity index (χ0) is 33.3. The van der Waals surface area contributed by atoms with Crippen LogP contribution < -0.4 is 0 Å². The Morgan fingerprint density at radius 3 is 1.24 bits per heavy atom. The molecule has 264 valence electrons. The van der Waals surface area contributed by atoms with Gasteiger partial charge in [-0.25, -0.2) is 0 Å². The summed E-state index contributed by atoms with van der Waals surface area (Å²) >= 11 is 0. The van der Waals surface area contributed by atoms with Gasteiger partial charge in [-0.05, 0) is 0 Å². The van der Waals surface area contributed by atoms with Crippen molar-refractivity contribution in [1.29, 1.82) is 0 Å². The molecule has 4 saturated heterocycles. The molecule has 14 N–H and O–H groups in total. The molecule has 0 bridgehead atoms. The fraction of sp³-hybridized carbons (Fsp3) is 1.00. The highest BCUT2D eigenvalue weighted by atomic mass is 16.8. The predicted octanol–water partition coefficient (Wildman–Crippen LogP) is -9.75. The van der Waals surface area contributed by atoms with Crippen LogP contribution in [0.3, 0.4) is 0 Å². The molecule has 0 radical (unpaired) electrons. The number of aliphatic hydroxyl groups is 14. The molecular formula is C24H42O21. The van der Waals surface area contributed by atoms with Gasteiger partial charge in [-0.15, -0.1) is 0 Å².